The van der Waals surface area contributed by atoms with Crippen molar-refractivity contribution in [3.63, 3.8) is 0 Å². The van der Waals surface area contributed by atoms with Gasteiger partial charge in [-0.25, -0.2) is 0 Å². The Labute approximate surface area is 191 Å². The number of hydrogen-bond donors (Lipinski definition) is 0. The summed E-state index contributed by atoms with van der Waals surface area (Å²) in [6.07, 6.45) is 14.5. The molecule has 0 amide bonds. The monoisotopic (exact) mass is 460 g/mol. The standard InChI is InChI=1S/C24H48O4SSi/c1-6-10-11-12-13-14-15-16-17-18-19-23(25)24(26)29-22(7-2)20-21-30(5,27-8-3)28-9-4/h22H,6-21H2,1-5H3. The Morgan fingerprint density at radius 1 is 0.800 bits per heavy atom. The summed E-state index contributed by atoms with van der Waals surface area (Å²) in [4.78, 5) is 24.6. The highest BCUT2D eigenvalue weighted by Crippen LogP contribution is 2.26. The van der Waals surface area contributed by atoms with Crippen molar-refractivity contribution in [1.29, 1.82) is 0 Å². The summed E-state index contributed by atoms with van der Waals surface area (Å²) in [5, 5.41) is -0.0872. The largest absolute Gasteiger partial charge is 0.395 e. The fraction of sp³-hybridized carbons (Fsp3) is 0.917. The molecule has 0 aromatic rings. The van der Waals surface area contributed by atoms with Crippen molar-refractivity contribution in [3.05, 3.63) is 0 Å². The summed E-state index contributed by atoms with van der Waals surface area (Å²) >= 11 is 1.23. The van der Waals surface area contributed by atoms with Gasteiger partial charge in [-0.15, -0.1) is 0 Å². The fourth-order valence-electron chi connectivity index (χ4n) is 3.66. The van der Waals surface area contributed by atoms with Crippen LogP contribution in [-0.4, -0.2) is 37.9 Å². The van der Waals surface area contributed by atoms with Crippen molar-refractivity contribution < 1.29 is 18.4 Å². The van der Waals surface area contributed by atoms with Crippen LogP contribution in [-0.2, 0) is 18.4 Å². The number of ketones is 1. The van der Waals surface area contributed by atoms with Crippen LogP contribution in [0.15, 0.2) is 0 Å². The van der Waals surface area contributed by atoms with E-state index < -0.39 is 8.56 Å². The number of unbranched alkanes of at least 4 members (excludes halogenated alkanes) is 9. The molecule has 178 valence electrons. The highest BCUT2D eigenvalue weighted by Gasteiger charge is 2.32. The van der Waals surface area contributed by atoms with Crippen molar-refractivity contribution >= 4 is 31.2 Å². The average molecular weight is 461 g/mol. The molecule has 0 fully saturated rings. The Balaban J connectivity index is 4.01. The highest BCUT2D eigenvalue weighted by molar-refractivity contribution is 8.15. The smallest absolute Gasteiger partial charge is 0.334 e. The van der Waals surface area contributed by atoms with Gasteiger partial charge in [-0.05, 0) is 45.7 Å². The van der Waals surface area contributed by atoms with E-state index in [4.69, 9.17) is 8.85 Å². The molecule has 4 nitrogen and oxygen atoms in total. The van der Waals surface area contributed by atoms with E-state index in [0.717, 1.165) is 31.7 Å². The van der Waals surface area contributed by atoms with Gasteiger partial charge in [0.1, 0.15) is 0 Å². The first-order valence-corrected chi connectivity index (χ1v) is 15.8. The van der Waals surface area contributed by atoms with E-state index in [0.29, 0.717) is 19.6 Å². The predicted molar refractivity (Wildman–Crippen MR) is 132 cm³/mol. The fourth-order valence-corrected chi connectivity index (χ4v) is 7.27. The second-order valence-electron chi connectivity index (χ2n) is 8.33. The van der Waals surface area contributed by atoms with E-state index in [-0.39, 0.29) is 16.1 Å². The second-order valence-corrected chi connectivity index (χ2v) is 12.9. The lowest BCUT2D eigenvalue weighted by Crippen LogP contribution is -2.39. The molecule has 0 aliphatic carbocycles. The molecule has 0 N–H and O–H groups in total. The SMILES string of the molecule is CCCCCCCCCCCCC(=O)C(=O)SC(CC)CC[Si](C)(OCC)OCC. The zero-order valence-electron chi connectivity index (χ0n) is 20.4. The van der Waals surface area contributed by atoms with Crippen molar-refractivity contribution in [2.75, 3.05) is 13.2 Å². The summed E-state index contributed by atoms with van der Waals surface area (Å²) in [6.45, 7) is 11.7. The molecule has 0 saturated carbocycles. The van der Waals surface area contributed by atoms with Crippen LogP contribution < -0.4 is 0 Å². The molecule has 0 aromatic carbocycles. The van der Waals surface area contributed by atoms with E-state index in [1.54, 1.807) is 0 Å². The summed E-state index contributed by atoms with van der Waals surface area (Å²) in [5.41, 5.74) is 0. The van der Waals surface area contributed by atoms with Gasteiger partial charge in [0.2, 0.25) is 5.78 Å². The van der Waals surface area contributed by atoms with Gasteiger partial charge in [-0.1, -0.05) is 83.4 Å². The van der Waals surface area contributed by atoms with Gasteiger partial charge in [0, 0.05) is 24.9 Å². The third-order valence-electron chi connectivity index (χ3n) is 5.53. The number of hydrogen-bond acceptors (Lipinski definition) is 5. The summed E-state index contributed by atoms with van der Waals surface area (Å²) in [7, 11) is -2.16. The lowest BCUT2D eigenvalue weighted by Gasteiger charge is -2.27. The number of carbonyl (C=O) groups is 2. The average Bonchev–Trinajstić information content (AvgIpc) is 2.72. The van der Waals surface area contributed by atoms with E-state index >= 15 is 0 Å². The third kappa shape index (κ3) is 15.6. The summed E-state index contributed by atoms with van der Waals surface area (Å²) < 4.78 is 11.8. The van der Waals surface area contributed by atoms with Crippen molar-refractivity contribution in [2.45, 2.75) is 129 Å². The highest BCUT2D eigenvalue weighted by atomic mass is 32.2. The van der Waals surface area contributed by atoms with Crippen molar-refractivity contribution in [3.8, 4) is 0 Å². The molecule has 6 heteroatoms. The molecule has 30 heavy (non-hydrogen) atoms. The van der Waals surface area contributed by atoms with E-state index in [1.165, 1.54) is 63.1 Å². The Hall–Kier alpha value is -0.173. The number of Topliss-reactive ketones (excluding diaryl/α,β-unsaturated/α-hetero) is 1. The molecule has 0 aromatic heterocycles. The molecule has 0 heterocycles. The van der Waals surface area contributed by atoms with E-state index in [1.807, 2.05) is 13.8 Å². The molecule has 0 rings (SSSR count). The summed E-state index contributed by atoms with van der Waals surface area (Å²) in [6, 6.07) is 0.861. The van der Waals surface area contributed by atoms with E-state index in [2.05, 4.69) is 20.4 Å². The maximum atomic E-state index is 12.3. The molecule has 0 spiro atoms. The molecule has 0 aliphatic heterocycles. The zero-order valence-corrected chi connectivity index (χ0v) is 22.2. The van der Waals surface area contributed by atoms with Gasteiger partial charge >= 0.3 is 8.56 Å². The molecule has 0 radical (unpaired) electrons. The molecule has 0 aliphatic rings. The number of rotatable bonds is 21. The van der Waals surface area contributed by atoms with Crippen LogP contribution in [0.4, 0.5) is 0 Å². The normalized spacial score (nSPS) is 12.8. The van der Waals surface area contributed by atoms with Gasteiger partial charge in [-0.3, -0.25) is 9.59 Å². The third-order valence-corrected chi connectivity index (χ3v) is 9.87. The lowest BCUT2D eigenvalue weighted by atomic mass is 10.1. The van der Waals surface area contributed by atoms with Crippen LogP contribution in [0.25, 0.3) is 0 Å². The molecular formula is C24H48O4SSi. The predicted octanol–water partition coefficient (Wildman–Crippen LogP) is 7.44. The van der Waals surface area contributed by atoms with Gasteiger partial charge in [0.25, 0.3) is 5.12 Å². The van der Waals surface area contributed by atoms with Gasteiger partial charge in [0.05, 0.1) is 0 Å². The zero-order chi connectivity index (χ0) is 22.7. The topological polar surface area (TPSA) is 52.6 Å². The summed E-state index contributed by atoms with van der Waals surface area (Å²) in [5.74, 6) is -0.201. The first kappa shape index (κ1) is 29.8. The van der Waals surface area contributed by atoms with Crippen LogP contribution in [0.1, 0.15) is 111 Å². The Kier molecular flexibility index (Phi) is 19.4. The van der Waals surface area contributed by atoms with Crippen LogP contribution in [0.2, 0.25) is 12.6 Å². The van der Waals surface area contributed by atoms with E-state index in [9.17, 15) is 9.59 Å². The molecular weight excluding hydrogens is 412 g/mol. The Morgan fingerprint density at radius 2 is 1.30 bits per heavy atom. The minimum absolute atomic E-state index is 0.168. The molecule has 1 unspecified atom stereocenters. The number of carbonyl (C=O) groups excluding carboxylic acids is 2. The van der Waals surface area contributed by atoms with Gasteiger partial charge in [-0.2, -0.15) is 0 Å². The quantitative estimate of drug-likeness (QED) is 0.101. The molecule has 0 saturated heterocycles. The maximum absolute atomic E-state index is 12.3. The van der Waals surface area contributed by atoms with Crippen LogP contribution >= 0.6 is 11.8 Å². The van der Waals surface area contributed by atoms with Crippen LogP contribution in [0, 0.1) is 0 Å². The van der Waals surface area contributed by atoms with Crippen molar-refractivity contribution in [1.82, 2.24) is 0 Å². The minimum Gasteiger partial charge on any atom is -0.395 e. The molecule has 1 atom stereocenters. The maximum Gasteiger partial charge on any atom is 0.334 e. The Bertz CT molecular complexity index is 439. The lowest BCUT2D eigenvalue weighted by molar-refractivity contribution is -0.131. The van der Waals surface area contributed by atoms with Gasteiger partial charge in [0.15, 0.2) is 0 Å². The molecule has 0 bridgehead atoms. The number of thioether (sulfide) groups is 1. The Morgan fingerprint density at radius 3 is 1.77 bits per heavy atom. The second kappa shape index (κ2) is 19.5. The van der Waals surface area contributed by atoms with Gasteiger partial charge < -0.3 is 8.85 Å². The minimum atomic E-state index is -2.16. The van der Waals surface area contributed by atoms with Crippen molar-refractivity contribution in [2.24, 2.45) is 0 Å². The van der Waals surface area contributed by atoms with Crippen LogP contribution in [0.3, 0.4) is 0 Å². The first-order valence-electron chi connectivity index (χ1n) is 12.4. The first-order chi connectivity index (χ1) is 14.4. The van der Waals surface area contributed by atoms with Crippen LogP contribution in [0.5, 0.6) is 0 Å².